The summed E-state index contributed by atoms with van der Waals surface area (Å²) in [6.07, 6.45) is 4.99. The summed E-state index contributed by atoms with van der Waals surface area (Å²) in [7, 11) is 1.78. The fourth-order valence-corrected chi connectivity index (χ4v) is 5.14. The van der Waals surface area contributed by atoms with Crippen LogP contribution in [0.1, 0.15) is 45.7 Å². The summed E-state index contributed by atoms with van der Waals surface area (Å²) >= 11 is 0. The van der Waals surface area contributed by atoms with Crippen molar-refractivity contribution in [2.45, 2.75) is 53.0 Å². The van der Waals surface area contributed by atoms with Crippen molar-refractivity contribution in [2.75, 3.05) is 25.0 Å². The monoisotopic (exact) mass is 416 g/mol. The zero-order valence-electron chi connectivity index (χ0n) is 18.8. The Labute approximate surface area is 178 Å². The lowest BCUT2D eigenvalue weighted by molar-refractivity contribution is 0.250. The number of likely N-dealkylation sites (tertiary alicyclic amines) is 1. The quantitative estimate of drug-likeness (QED) is 0.724. The van der Waals surface area contributed by atoms with Crippen LogP contribution in [0.15, 0.2) is 18.3 Å². The molecule has 1 aromatic heterocycles. The van der Waals surface area contributed by atoms with Gasteiger partial charge in [0.2, 0.25) is 0 Å². The van der Waals surface area contributed by atoms with E-state index >= 15 is 0 Å². The molecule has 1 saturated carbocycles. The third-order valence-corrected chi connectivity index (χ3v) is 6.75. The van der Waals surface area contributed by atoms with Crippen LogP contribution >= 0.6 is 0 Å². The van der Waals surface area contributed by atoms with E-state index in [1.54, 1.807) is 37.0 Å². The van der Waals surface area contributed by atoms with Crippen LogP contribution in [0.2, 0.25) is 0 Å². The van der Waals surface area contributed by atoms with E-state index in [0.29, 0.717) is 28.5 Å². The number of anilines is 1. The molecule has 0 bridgehead atoms. The Morgan fingerprint density at radius 3 is 2.30 bits per heavy atom. The third-order valence-electron chi connectivity index (χ3n) is 6.75. The van der Waals surface area contributed by atoms with E-state index in [2.05, 4.69) is 36.1 Å². The summed E-state index contributed by atoms with van der Waals surface area (Å²) in [6, 6.07) is 3.54. The minimum Gasteiger partial charge on any atom is -0.380 e. The van der Waals surface area contributed by atoms with Gasteiger partial charge in [0, 0.05) is 43.5 Å². The van der Waals surface area contributed by atoms with Gasteiger partial charge in [-0.2, -0.15) is 5.10 Å². The van der Waals surface area contributed by atoms with Gasteiger partial charge < -0.3 is 10.2 Å². The van der Waals surface area contributed by atoms with Crippen LogP contribution in [0.25, 0.3) is 11.1 Å². The molecule has 6 heteroatoms. The van der Waals surface area contributed by atoms with Crippen LogP contribution in [0.5, 0.6) is 0 Å². The minimum atomic E-state index is -0.803. The zero-order chi connectivity index (χ0) is 21.6. The predicted molar refractivity (Wildman–Crippen MR) is 117 cm³/mol. The Kier molecular flexibility index (Phi) is 5.64. The first-order valence-corrected chi connectivity index (χ1v) is 11.1. The van der Waals surface area contributed by atoms with Crippen LogP contribution in [-0.4, -0.2) is 40.4 Å². The van der Waals surface area contributed by atoms with Crippen LogP contribution in [-0.2, 0) is 7.05 Å². The number of rotatable bonds is 5. The molecule has 2 atom stereocenters. The normalized spacial score (nSPS) is 24.4. The van der Waals surface area contributed by atoms with E-state index in [9.17, 15) is 8.78 Å². The second kappa shape index (κ2) is 7.95. The molecular formula is C24H34F2N4. The molecule has 0 spiro atoms. The van der Waals surface area contributed by atoms with Crippen molar-refractivity contribution in [2.24, 2.45) is 24.3 Å². The second-order valence-electron chi connectivity index (χ2n) is 10.5. The topological polar surface area (TPSA) is 33.1 Å². The van der Waals surface area contributed by atoms with Crippen molar-refractivity contribution in [1.29, 1.82) is 0 Å². The number of nitrogens with one attached hydrogen (secondary N) is 1. The van der Waals surface area contributed by atoms with Gasteiger partial charge in [0.05, 0.1) is 11.4 Å². The van der Waals surface area contributed by atoms with Crippen molar-refractivity contribution in [3.05, 3.63) is 35.7 Å². The highest BCUT2D eigenvalue weighted by molar-refractivity contribution is 5.68. The Bertz CT molecular complexity index is 901. The number of aromatic nitrogens is 2. The minimum absolute atomic E-state index is 0.213. The number of halogens is 2. The molecular weight excluding hydrogens is 382 g/mol. The van der Waals surface area contributed by atoms with Crippen molar-refractivity contribution < 1.29 is 8.78 Å². The molecule has 0 amide bonds. The molecule has 1 N–H and O–H groups in total. The van der Waals surface area contributed by atoms with Gasteiger partial charge in [0.15, 0.2) is 11.6 Å². The highest BCUT2D eigenvalue weighted by atomic mass is 19.2. The lowest BCUT2D eigenvalue weighted by Gasteiger charge is -2.24. The summed E-state index contributed by atoms with van der Waals surface area (Å²) in [5, 5.41) is 7.53. The van der Waals surface area contributed by atoms with Crippen molar-refractivity contribution >= 4 is 5.69 Å². The van der Waals surface area contributed by atoms with Gasteiger partial charge in [-0.25, -0.2) is 8.78 Å². The fraction of sp³-hybridized carbons (Fsp3) is 0.625. The first-order valence-electron chi connectivity index (χ1n) is 11.1. The average molecular weight is 417 g/mol. The lowest BCUT2D eigenvalue weighted by Crippen LogP contribution is -2.28. The molecule has 1 aromatic carbocycles. The summed E-state index contributed by atoms with van der Waals surface area (Å²) in [5.74, 6) is -0.275. The van der Waals surface area contributed by atoms with Crippen molar-refractivity contribution in [1.82, 2.24) is 14.7 Å². The number of hydrogen-bond acceptors (Lipinski definition) is 3. The van der Waals surface area contributed by atoms with E-state index in [1.165, 1.54) is 6.42 Å². The SMILES string of the molecule is Cc1nn(C)cc1-c1ccc(NC2CC3CN(CCC(C)(C)C)CC3C2)c(F)c1F. The third kappa shape index (κ3) is 4.39. The molecule has 30 heavy (non-hydrogen) atoms. The Morgan fingerprint density at radius 1 is 1.07 bits per heavy atom. The molecule has 1 saturated heterocycles. The number of fused-ring (bicyclic) bond motifs is 1. The largest absolute Gasteiger partial charge is 0.380 e. The molecule has 2 heterocycles. The highest BCUT2D eigenvalue weighted by Gasteiger charge is 2.41. The predicted octanol–water partition coefficient (Wildman–Crippen LogP) is 5.23. The van der Waals surface area contributed by atoms with Gasteiger partial charge in [0.25, 0.3) is 0 Å². The summed E-state index contributed by atoms with van der Waals surface area (Å²) in [6.45, 7) is 12.1. The van der Waals surface area contributed by atoms with E-state index < -0.39 is 11.6 Å². The highest BCUT2D eigenvalue weighted by Crippen LogP contribution is 2.40. The van der Waals surface area contributed by atoms with E-state index in [1.807, 2.05) is 0 Å². The first-order chi connectivity index (χ1) is 14.1. The molecule has 164 valence electrons. The molecule has 2 aliphatic rings. The maximum absolute atomic E-state index is 14.8. The van der Waals surface area contributed by atoms with Crippen LogP contribution in [0.4, 0.5) is 14.5 Å². The molecule has 2 aromatic rings. The van der Waals surface area contributed by atoms with Gasteiger partial charge in [-0.15, -0.1) is 0 Å². The second-order valence-corrected chi connectivity index (χ2v) is 10.5. The Hall–Kier alpha value is -1.95. The van der Waals surface area contributed by atoms with Crippen LogP contribution < -0.4 is 5.32 Å². The fourth-order valence-electron chi connectivity index (χ4n) is 5.14. The molecule has 2 fully saturated rings. The van der Waals surface area contributed by atoms with E-state index in [0.717, 1.165) is 32.5 Å². The molecule has 2 unspecified atom stereocenters. The number of aryl methyl sites for hydroxylation is 2. The zero-order valence-corrected chi connectivity index (χ0v) is 18.8. The maximum Gasteiger partial charge on any atom is 0.182 e. The van der Waals surface area contributed by atoms with Crippen LogP contribution in [0, 0.1) is 35.8 Å². The molecule has 0 radical (unpaired) electrons. The van der Waals surface area contributed by atoms with Crippen molar-refractivity contribution in [3.8, 4) is 11.1 Å². The smallest absolute Gasteiger partial charge is 0.182 e. The van der Waals surface area contributed by atoms with Gasteiger partial charge in [0.1, 0.15) is 0 Å². The van der Waals surface area contributed by atoms with Gasteiger partial charge in [-0.3, -0.25) is 4.68 Å². The molecule has 1 aliphatic carbocycles. The molecule has 4 nitrogen and oxygen atoms in total. The van der Waals surface area contributed by atoms with Gasteiger partial charge >= 0.3 is 0 Å². The lowest BCUT2D eigenvalue weighted by atomic mass is 9.92. The Morgan fingerprint density at radius 2 is 1.73 bits per heavy atom. The van der Waals surface area contributed by atoms with E-state index in [4.69, 9.17) is 0 Å². The number of hydrogen-bond donors (Lipinski definition) is 1. The molecule has 1 aliphatic heterocycles. The first kappa shape index (κ1) is 21.3. The summed E-state index contributed by atoms with van der Waals surface area (Å²) in [4.78, 5) is 2.59. The average Bonchev–Trinajstić information content (AvgIpc) is 3.29. The molecule has 4 rings (SSSR count). The van der Waals surface area contributed by atoms with E-state index in [-0.39, 0.29) is 17.3 Å². The van der Waals surface area contributed by atoms with Gasteiger partial charge in [-0.1, -0.05) is 20.8 Å². The van der Waals surface area contributed by atoms with Crippen molar-refractivity contribution in [3.63, 3.8) is 0 Å². The maximum atomic E-state index is 14.8. The van der Waals surface area contributed by atoms with Gasteiger partial charge in [-0.05, 0) is 62.1 Å². The summed E-state index contributed by atoms with van der Waals surface area (Å²) < 4.78 is 31.3. The van der Waals surface area contributed by atoms with Crippen LogP contribution in [0.3, 0.4) is 0 Å². The standard InChI is InChI=1S/C24H34F2N4/c1-15-20(14-29(5)28-15)19-6-7-21(23(26)22(19)25)27-18-10-16-12-30(13-17(16)11-18)9-8-24(2,3)4/h6-7,14,16-18,27H,8-13H2,1-5H3. The Balaban J connectivity index is 1.39. The summed E-state index contributed by atoms with van der Waals surface area (Å²) in [5.41, 5.74) is 2.22. The number of benzene rings is 1. The number of nitrogens with zero attached hydrogens (tertiary/aromatic N) is 3.